The molecule has 1 N–H and O–H groups in total. The molecular weight excluding hydrogens is 188 g/mol. The first-order chi connectivity index (χ1) is 6.42. The van der Waals surface area contributed by atoms with E-state index >= 15 is 0 Å². The number of H-pyrrole nitrogens is 1. The van der Waals surface area contributed by atoms with Gasteiger partial charge in [-0.2, -0.15) is 5.21 Å². The smallest absolute Gasteiger partial charge is 0.218 e. The van der Waals surface area contributed by atoms with Crippen LogP contribution in [0, 0.1) is 0 Å². The molecule has 6 heteroatoms. The maximum Gasteiger partial charge on any atom is 0.218 e. The SMILES string of the molecule is CCOc1ccsc1-c1nn[nH]n1.[HH]. The maximum atomic E-state index is 5.39. The normalized spacial score (nSPS) is 10.2. The summed E-state index contributed by atoms with van der Waals surface area (Å²) in [6, 6.07) is 1.90. The first-order valence-electron chi connectivity index (χ1n) is 3.86. The maximum absolute atomic E-state index is 5.39. The van der Waals surface area contributed by atoms with Crippen LogP contribution in [0.25, 0.3) is 10.7 Å². The van der Waals surface area contributed by atoms with Crippen molar-refractivity contribution in [2.24, 2.45) is 0 Å². The van der Waals surface area contributed by atoms with E-state index in [4.69, 9.17) is 4.74 Å². The predicted molar refractivity (Wildman–Crippen MR) is 50.8 cm³/mol. The molecule has 2 rings (SSSR count). The number of nitrogens with zero attached hydrogens (tertiary/aromatic N) is 3. The average Bonchev–Trinajstić information content (AvgIpc) is 2.71. The van der Waals surface area contributed by atoms with Gasteiger partial charge in [0.05, 0.1) is 6.61 Å². The third-order valence-corrected chi connectivity index (χ3v) is 2.37. The number of thiophene rings is 1. The molecule has 0 aliphatic carbocycles. The standard InChI is InChI=1S/C7H8N4OS.H2/c1-2-12-5-3-4-13-6(5)7-8-10-11-9-7;/h3-4H,2H2,1H3,(H,8,9,10,11);1H. The van der Waals surface area contributed by atoms with Gasteiger partial charge in [-0.3, -0.25) is 0 Å². The molecule has 0 aromatic carbocycles. The quantitative estimate of drug-likeness (QED) is 0.813. The van der Waals surface area contributed by atoms with E-state index < -0.39 is 0 Å². The number of ether oxygens (including phenoxy) is 1. The van der Waals surface area contributed by atoms with Gasteiger partial charge in [-0.25, -0.2) is 0 Å². The Morgan fingerprint density at radius 2 is 2.62 bits per heavy atom. The van der Waals surface area contributed by atoms with Crippen molar-refractivity contribution in [2.75, 3.05) is 6.61 Å². The van der Waals surface area contributed by atoms with Crippen molar-refractivity contribution in [3.8, 4) is 16.5 Å². The molecule has 0 saturated carbocycles. The Kier molecular flexibility index (Phi) is 2.22. The van der Waals surface area contributed by atoms with Gasteiger partial charge in [0.25, 0.3) is 0 Å². The van der Waals surface area contributed by atoms with Crippen molar-refractivity contribution in [1.82, 2.24) is 20.6 Å². The van der Waals surface area contributed by atoms with Crippen LogP contribution >= 0.6 is 11.3 Å². The fraction of sp³-hybridized carbons (Fsp3) is 0.286. The van der Waals surface area contributed by atoms with Crippen molar-refractivity contribution in [1.29, 1.82) is 0 Å². The van der Waals surface area contributed by atoms with Crippen molar-refractivity contribution in [2.45, 2.75) is 6.92 Å². The summed E-state index contributed by atoms with van der Waals surface area (Å²) in [7, 11) is 0. The Bertz CT molecular complexity index is 375. The summed E-state index contributed by atoms with van der Waals surface area (Å²) in [4.78, 5) is 0.913. The highest BCUT2D eigenvalue weighted by atomic mass is 32.1. The second kappa shape index (κ2) is 3.53. The second-order valence-corrected chi connectivity index (χ2v) is 3.20. The fourth-order valence-corrected chi connectivity index (χ4v) is 1.75. The Morgan fingerprint density at radius 1 is 1.69 bits per heavy atom. The monoisotopic (exact) mass is 198 g/mol. The molecule has 0 unspecified atom stereocenters. The van der Waals surface area contributed by atoms with Crippen molar-refractivity contribution in [3.63, 3.8) is 0 Å². The topological polar surface area (TPSA) is 63.7 Å². The lowest BCUT2D eigenvalue weighted by Gasteiger charge is -1.99. The van der Waals surface area contributed by atoms with Crippen molar-refractivity contribution < 1.29 is 6.16 Å². The van der Waals surface area contributed by atoms with E-state index in [0.29, 0.717) is 12.4 Å². The van der Waals surface area contributed by atoms with Gasteiger partial charge < -0.3 is 4.74 Å². The van der Waals surface area contributed by atoms with E-state index in [1.807, 2.05) is 18.4 Å². The zero-order valence-electron chi connectivity index (χ0n) is 7.02. The highest BCUT2D eigenvalue weighted by Crippen LogP contribution is 2.32. The third kappa shape index (κ3) is 1.52. The molecule has 0 atom stereocenters. The number of aromatic nitrogens is 4. The van der Waals surface area contributed by atoms with Gasteiger partial charge in [-0.05, 0) is 23.6 Å². The van der Waals surface area contributed by atoms with Crippen LogP contribution < -0.4 is 4.74 Å². The van der Waals surface area contributed by atoms with Gasteiger partial charge in [0, 0.05) is 1.43 Å². The zero-order valence-corrected chi connectivity index (χ0v) is 7.84. The number of hydrogen-bond acceptors (Lipinski definition) is 5. The Balaban J connectivity index is 0.000000980. The van der Waals surface area contributed by atoms with Crippen LogP contribution in [-0.4, -0.2) is 27.2 Å². The Labute approximate surface area is 80.2 Å². The molecule has 0 spiro atoms. The number of rotatable bonds is 3. The minimum absolute atomic E-state index is 0. The molecule has 0 aliphatic heterocycles. The fourth-order valence-electron chi connectivity index (χ4n) is 0.988. The molecule has 2 aromatic rings. The average molecular weight is 198 g/mol. The van der Waals surface area contributed by atoms with Crippen LogP contribution in [0.15, 0.2) is 11.4 Å². The zero-order chi connectivity index (χ0) is 9.10. The molecule has 0 amide bonds. The molecule has 2 heterocycles. The first-order valence-corrected chi connectivity index (χ1v) is 4.74. The van der Waals surface area contributed by atoms with Crippen LogP contribution in [0.3, 0.4) is 0 Å². The summed E-state index contributed by atoms with van der Waals surface area (Å²) in [6.45, 7) is 2.58. The third-order valence-electron chi connectivity index (χ3n) is 1.48. The molecule has 70 valence electrons. The van der Waals surface area contributed by atoms with Crippen LogP contribution in [0.5, 0.6) is 5.75 Å². The van der Waals surface area contributed by atoms with Gasteiger partial charge in [0.2, 0.25) is 5.82 Å². The van der Waals surface area contributed by atoms with Crippen LogP contribution in [0.1, 0.15) is 8.35 Å². The molecule has 0 saturated heterocycles. The highest BCUT2D eigenvalue weighted by Gasteiger charge is 2.11. The van der Waals surface area contributed by atoms with Crippen LogP contribution in [0.4, 0.5) is 0 Å². The van der Waals surface area contributed by atoms with E-state index in [9.17, 15) is 0 Å². The molecule has 0 bridgehead atoms. The number of aromatic amines is 1. The summed E-state index contributed by atoms with van der Waals surface area (Å²) in [6.07, 6.45) is 0. The van der Waals surface area contributed by atoms with Crippen molar-refractivity contribution >= 4 is 11.3 Å². The molecule has 0 radical (unpaired) electrons. The summed E-state index contributed by atoms with van der Waals surface area (Å²) in [5, 5.41) is 15.6. The Hall–Kier alpha value is -1.43. The lowest BCUT2D eigenvalue weighted by Crippen LogP contribution is -1.91. The van der Waals surface area contributed by atoms with Crippen LogP contribution in [0.2, 0.25) is 0 Å². The summed E-state index contributed by atoms with van der Waals surface area (Å²) >= 11 is 1.54. The number of nitrogens with one attached hydrogen (secondary N) is 1. The predicted octanol–water partition coefficient (Wildman–Crippen LogP) is 1.57. The van der Waals surface area contributed by atoms with Gasteiger partial charge in [-0.1, -0.05) is 0 Å². The van der Waals surface area contributed by atoms with E-state index in [2.05, 4.69) is 20.6 Å². The first kappa shape index (κ1) is 8.18. The Morgan fingerprint density at radius 3 is 3.31 bits per heavy atom. The lowest BCUT2D eigenvalue weighted by molar-refractivity contribution is 0.343. The second-order valence-electron chi connectivity index (χ2n) is 2.28. The molecular formula is C7H10N4OS. The lowest BCUT2D eigenvalue weighted by atomic mass is 10.4. The highest BCUT2D eigenvalue weighted by molar-refractivity contribution is 7.13. The largest absolute Gasteiger partial charge is 0.492 e. The van der Waals surface area contributed by atoms with Gasteiger partial charge in [-0.15, -0.1) is 21.5 Å². The van der Waals surface area contributed by atoms with Gasteiger partial charge in [0.15, 0.2) is 0 Å². The van der Waals surface area contributed by atoms with Gasteiger partial charge in [0.1, 0.15) is 10.6 Å². The summed E-state index contributed by atoms with van der Waals surface area (Å²) in [5.74, 6) is 1.40. The summed E-state index contributed by atoms with van der Waals surface area (Å²) in [5.41, 5.74) is 0. The number of hydrogen-bond donors (Lipinski definition) is 1. The number of tetrazole rings is 1. The van der Waals surface area contributed by atoms with Crippen molar-refractivity contribution in [3.05, 3.63) is 11.4 Å². The van der Waals surface area contributed by atoms with E-state index in [1.165, 1.54) is 11.3 Å². The van der Waals surface area contributed by atoms with Crippen LogP contribution in [-0.2, 0) is 0 Å². The molecule has 0 aliphatic rings. The van der Waals surface area contributed by atoms with E-state index in [-0.39, 0.29) is 1.43 Å². The van der Waals surface area contributed by atoms with E-state index in [1.54, 1.807) is 0 Å². The molecule has 2 aromatic heterocycles. The molecule has 13 heavy (non-hydrogen) atoms. The minimum Gasteiger partial charge on any atom is -0.492 e. The molecule has 5 nitrogen and oxygen atoms in total. The minimum atomic E-state index is 0. The van der Waals surface area contributed by atoms with E-state index in [0.717, 1.165) is 10.6 Å². The van der Waals surface area contributed by atoms with Gasteiger partial charge >= 0.3 is 0 Å². The molecule has 0 fully saturated rings. The summed E-state index contributed by atoms with van der Waals surface area (Å²) < 4.78 is 5.39.